The first-order valence-electron chi connectivity index (χ1n) is 9.76. The van der Waals surface area contributed by atoms with Gasteiger partial charge in [0.25, 0.3) is 5.91 Å². The van der Waals surface area contributed by atoms with E-state index in [4.69, 9.17) is 4.74 Å². The fraction of sp³-hybridized carbons (Fsp3) is 0.318. The third kappa shape index (κ3) is 4.56. The lowest BCUT2D eigenvalue weighted by Gasteiger charge is -2.14. The van der Waals surface area contributed by atoms with Gasteiger partial charge >= 0.3 is 0 Å². The molecule has 7 heteroatoms. The molecule has 2 aromatic carbocycles. The number of benzene rings is 2. The molecule has 1 saturated heterocycles. The Balaban J connectivity index is 1.29. The Kier molecular flexibility index (Phi) is 5.76. The van der Waals surface area contributed by atoms with Gasteiger partial charge in [0.2, 0.25) is 0 Å². The molecule has 1 unspecified atom stereocenters. The Labute approximate surface area is 168 Å². The molecule has 29 heavy (non-hydrogen) atoms. The number of amides is 1. The molecular weight excluding hydrogens is 376 g/mol. The average molecular weight is 399 g/mol. The van der Waals surface area contributed by atoms with Crippen LogP contribution in [-0.2, 0) is 4.79 Å². The lowest BCUT2D eigenvalue weighted by molar-refractivity contribution is -0.110. The molecule has 0 spiro atoms. The van der Waals surface area contributed by atoms with Crippen molar-refractivity contribution in [3.8, 4) is 5.75 Å². The molecule has 152 valence electrons. The smallest absolute Gasteiger partial charge is 0.257 e. The maximum Gasteiger partial charge on any atom is 0.257 e. The number of halogens is 2. The molecule has 1 amide bonds. The van der Waals surface area contributed by atoms with Gasteiger partial charge < -0.3 is 20.3 Å². The largest absolute Gasteiger partial charge is 0.494 e. The molecule has 2 heterocycles. The van der Waals surface area contributed by atoms with E-state index >= 15 is 0 Å². The normalized spacial score (nSPS) is 20.0. The van der Waals surface area contributed by atoms with E-state index in [0.717, 1.165) is 30.9 Å². The molecule has 0 bridgehead atoms. The minimum Gasteiger partial charge on any atom is -0.494 e. The van der Waals surface area contributed by atoms with Gasteiger partial charge in [0, 0.05) is 37.1 Å². The zero-order chi connectivity index (χ0) is 20.2. The molecular formula is C22H23F2N3O2. The molecule has 0 aliphatic carbocycles. The summed E-state index contributed by atoms with van der Waals surface area (Å²) in [7, 11) is 0. The standard InChI is InChI=1S/C22H23F2N3O2/c23-15-9-11-27(14-15)10-2-12-29-17-7-5-16(6-8-17)25-13-18-21-19(24)3-1-4-20(21)26-22(18)28/h1,3-8,13,15,25H,2,9-12,14H2,(H,26,28). The van der Waals surface area contributed by atoms with Gasteiger partial charge in [0.15, 0.2) is 0 Å². The summed E-state index contributed by atoms with van der Waals surface area (Å²) in [6, 6.07) is 11.9. The van der Waals surface area contributed by atoms with E-state index < -0.39 is 12.0 Å². The molecule has 2 N–H and O–H groups in total. The summed E-state index contributed by atoms with van der Waals surface area (Å²) in [4.78, 5) is 14.2. The fourth-order valence-corrected chi connectivity index (χ4v) is 3.61. The summed E-state index contributed by atoms with van der Waals surface area (Å²) in [5.74, 6) is -0.0359. The van der Waals surface area contributed by atoms with Gasteiger partial charge in [-0.05, 0) is 49.2 Å². The van der Waals surface area contributed by atoms with E-state index in [1.165, 1.54) is 12.3 Å². The van der Waals surface area contributed by atoms with Crippen LogP contribution in [0.25, 0.3) is 5.57 Å². The molecule has 2 aliphatic rings. The highest BCUT2D eigenvalue weighted by Crippen LogP contribution is 2.33. The predicted molar refractivity (Wildman–Crippen MR) is 109 cm³/mol. The van der Waals surface area contributed by atoms with Gasteiger partial charge in [0.05, 0.1) is 17.9 Å². The van der Waals surface area contributed by atoms with Gasteiger partial charge in [-0.3, -0.25) is 4.79 Å². The Morgan fingerprint density at radius 3 is 2.83 bits per heavy atom. The second-order valence-electron chi connectivity index (χ2n) is 7.23. The molecule has 0 saturated carbocycles. The predicted octanol–water partition coefficient (Wildman–Crippen LogP) is 4.04. The third-order valence-corrected chi connectivity index (χ3v) is 5.12. The van der Waals surface area contributed by atoms with Crippen LogP contribution in [0.1, 0.15) is 18.4 Å². The SMILES string of the molecule is O=C1Nc2cccc(F)c2C1=CNc1ccc(OCCCN2CCC(F)C2)cc1. The number of hydrogen-bond donors (Lipinski definition) is 2. The first-order chi connectivity index (χ1) is 14.1. The van der Waals surface area contributed by atoms with Crippen molar-refractivity contribution >= 4 is 22.9 Å². The minimum atomic E-state index is -0.689. The number of carbonyl (C=O) groups excluding carboxylic acids is 1. The van der Waals surface area contributed by atoms with E-state index in [1.807, 2.05) is 24.3 Å². The van der Waals surface area contributed by atoms with Crippen LogP contribution in [0.4, 0.5) is 20.2 Å². The van der Waals surface area contributed by atoms with Gasteiger partial charge in [-0.1, -0.05) is 6.07 Å². The van der Waals surface area contributed by atoms with Crippen LogP contribution in [0.5, 0.6) is 5.75 Å². The van der Waals surface area contributed by atoms with Crippen molar-refractivity contribution in [3.63, 3.8) is 0 Å². The van der Waals surface area contributed by atoms with Gasteiger partial charge in [0.1, 0.15) is 17.7 Å². The number of likely N-dealkylation sites (tertiary alicyclic amines) is 1. The average Bonchev–Trinajstić information content (AvgIpc) is 3.27. The zero-order valence-electron chi connectivity index (χ0n) is 16.0. The number of nitrogens with zero attached hydrogens (tertiary/aromatic N) is 1. The van der Waals surface area contributed by atoms with Crippen molar-refractivity contribution in [2.24, 2.45) is 0 Å². The summed E-state index contributed by atoms with van der Waals surface area (Å²) < 4.78 is 32.9. The van der Waals surface area contributed by atoms with Crippen LogP contribution < -0.4 is 15.4 Å². The van der Waals surface area contributed by atoms with E-state index in [9.17, 15) is 13.6 Å². The minimum absolute atomic E-state index is 0.260. The number of ether oxygens (including phenoxy) is 1. The first kappa shape index (κ1) is 19.4. The van der Waals surface area contributed by atoms with Crippen molar-refractivity contribution in [1.29, 1.82) is 0 Å². The molecule has 0 aromatic heterocycles. The zero-order valence-corrected chi connectivity index (χ0v) is 16.0. The van der Waals surface area contributed by atoms with Gasteiger partial charge in [-0.15, -0.1) is 0 Å². The lowest BCUT2D eigenvalue weighted by Crippen LogP contribution is -2.23. The molecule has 2 aromatic rings. The summed E-state index contributed by atoms with van der Waals surface area (Å²) in [6.45, 7) is 2.76. The van der Waals surface area contributed by atoms with E-state index in [-0.39, 0.29) is 17.0 Å². The fourth-order valence-electron chi connectivity index (χ4n) is 3.61. The first-order valence-corrected chi connectivity index (χ1v) is 9.76. The maximum absolute atomic E-state index is 14.1. The Morgan fingerprint density at radius 2 is 2.07 bits per heavy atom. The summed E-state index contributed by atoms with van der Waals surface area (Å²) in [6.07, 6.45) is 2.30. The Morgan fingerprint density at radius 1 is 1.24 bits per heavy atom. The van der Waals surface area contributed by atoms with Crippen LogP contribution in [0.3, 0.4) is 0 Å². The van der Waals surface area contributed by atoms with Crippen molar-refractivity contribution in [2.75, 3.05) is 36.9 Å². The van der Waals surface area contributed by atoms with E-state index in [1.54, 1.807) is 12.1 Å². The van der Waals surface area contributed by atoms with Crippen LogP contribution in [0.2, 0.25) is 0 Å². The summed E-state index contributed by atoms with van der Waals surface area (Å²) in [5, 5.41) is 5.69. The number of hydrogen-bond acceptors (Lipinski definition) is 4. The van der Waals surface area contributed by atoms with E-state index in [2.05, 4.69) is 15.5 Å². The second-order valence-corrected chi connectivity index (χ2v) is 7.23. The highest BCUT2D eigenvalue weighted by atomic mass is 19.1. The number of alkyl halides is 1. The number of anilines is 2. The number of rotatable bonds is 7. The van der Waals surface area contributed by atoms with Crippen molar-refractivity contribution < 1.29 is 18.3 Å². The molecule has 0 radical (unpaired) electrons. The number of fused-ring (bicyclic) bond motifs is 1. The molecule has 5 nitrogen and oxygen atoms in total. The summed E-state index contributed by atoms with van der Waals surface area (Å²) in [5.41, 5.74) is 1.77. The number of nitrogens with one attached hydrogen (secondary N) is 2. The molecule has 2 aliphatic heterocycles. The maximum atomic E-state index is 14.1. The monoisotopic (exact) mass is 399 g/mol. The van der Waals surface area contributed by atoms with Gasteiger partial charge in [-0.2, -0.15) is 0 Å². The topological polar surface area (TPSA) is 53.6 Å². The quantitative estimate of drug-likeness (QED) is 0.545. The molecule has 4 rings (SSSR count). The lowest BCUT2D eigenvalue weighted by atomic mass is 10.1. The van der Waals surface area contributed by atoms with Crippen molar-refractivity contribution in [1.82, 2.24) is 4.90 Å². The Bertz CT molecular complexity index is 915. The third-order valence-electron chi connectivity index (χ3n) is 5.12. The van der Waals surface area contributed by atoms with E-state index in [0.29, 0.717) is 25.3 Å². The molecule has 1 atom stereocenters. The van der Waals surface area contributed by atoms with Crippen molar-refractivity contribution in [3.05, 3.63) is 60.0 Å². The van der Waals surface area contributed by atoms with Crippen LogP contribution in [0.15, 0.2) is 48.7 Å². The van der Waals surface area contributed by atoms with Crippen LogP contribution in [0, 0.1) is 5.82 Å². The highest BCUT2D eigenvalue weighted by Gasteiger charge is 2.27. The number of carbonyl (C=O) groups is 1. The Hall–Kier alpha value is -2.93. The van der Waals surface area contributed by atoms with Crippen molar-refractivity contribution in [2.45, 2.75) is 19.0 Å². The van der Waals surface area contributed by atoms with Gasteiger partial charge in [-0.25, -0.2) is 8.78 Å². The summed E-state index contributed by atoms with van der Waals surface area (Å²) >= 11 is 0. The van der Waals surface area contributed by atoms with Crippen LogP contribution in [-0.4, -0.2) is 43.2 Å². The highest BCUT2D eigenvalue weighted by molar-refractivity contribution is 6.31. The second kappa shape index (κ2) is 8.61. The molecule has 1 fully saturated rings. The van der Waals surface area contributed by atoms with Crippen LogP contribution >= 0.6 is 0 Å².